The molecular weight excluding hydrogens is 1020 g/mol. The zero-order valence-corrected chi connectivity index (χ0v) is 45.5. The third kappa shape index (κ3) is 6.92. The largest absolute Gasteiger partial charge is 0.455 e. The van der Waals surface area contributed by atoms with E-state index < -0.39 is 0 Å². The van der Waals surface area contributed by atoms with E-state index in [2.05, 4.69) is 279 Å². The van der Waals surface area contributed by atoms with Crippen LogP contribution in [-0.2, 0) is 0 Å². The number of benzene rings is 16. The topological polar surface area (TPSA) is 26.3 Å². The maximum atomic E-state index is 6.72. The normalized spacial score (nSPS) is 12.0. The van der Waals surface area contributed by atoms with E-state index in [4.69, 9.17) is 8.83 Å². The Morgan fingerprint density at radius 3 is 1.05 bits per heavy atom. The van der Waals surface area contributed by atoms with E-state index in [-0.39, 0.29) is 0 Å². The fraction of sp³-hybridized carbons (Fsp3) is 0. The van der Waals surface area contributed by atoms with Gasteiger partial charge in [-0.15, -0.1) is 0 Å². The summed E-state index contributed by atoms with van der Waals surface area (Å²) in [5.41, 5.74) is 17.9. The Labute approximate surface area is 483 Å². The van der Waals surface area contributed by atoms with Crippen molar-refractivity contribution in [2.75, 3.05) is 0 Å². The molecule has 2 nitrogen and oxygen atoms in total. The Morgan fingerprint density at radius 1 is 0.167 bits per heavy atom. The van der Waals surface area contributed by atoms with Crippen molar-refractivity contribution in [1.82, 2.24) is 0 Å². The van der Waals surface area contributed by atoms with E-state index in [9.17, 15) is 0 Å². The summed E-state index contributed by atoms with van der Waals surface area (Å²) in [6.07, 6.45) is 0. The molecule has 0 fully saturated rings. The summed E-state index contributed by atoms with van der Waals surface area (Å²) in [6.45, 7) is 0. The van der Waals surface area contributed by atoms with Crippen LogP contribution in [0.5, 0.6) is 0 Å². The molecule has 2 heteroatoms. The first-order valence-electron chi connectivity index (χ1n) is 29.0. The average Bonchev–Trinajstić information content (AvgIpc) is 1.67. The predicted octanol–water partition coefficient (Wildman–Crippen LogP) is 23.6. The molecule has 0 N–H and O–H groups in total. The van der Waals surface area contributed by atoms with Crippen LogP contribution in [0.3, 0.4) is 0 Å². The zero-order chi connectivity index (χ0) is 55.0. The molecule has 2 aromatic heterocycles. The lowest BCUT2D eigenvalue weighted by molar-refractivity contribution is 0.669. The first-order valence-corrected chi connectivity index (χ1v) is 29.0. The van der Waals surface area contributed by atoms with Crippen molar-refractivity contribution in [2.24, 2.45) is 0 Å². The second-order valence-corrected chi connectivity index (χ2v) is 22.5. The molecule has 0 saturated heterocycles. The van der Waals surface area contributed by atoms with Gasteiger partial charge in [-0.2, -0.15) is 0 Å². The summed E-state index contributed by atoms with van der Waals surface area (Å²) in [5.74, 6) is 0. The van der Waals surface area contributed by atoms with Gasteiger partial charge in [0.15, 0.2) is 0 Å². The summed E-state index contributed by atoms with van der Waals surface area (Å²) in [7, 11) is 0. The number of rotatable bonds is 6. The van der Waals surface area contributed by atoms with Crippen molar-refractivity contribution < 1.29 is 8.83 Å². The summed E-state index contributed by atoms with van der Waals surface area (Å²) < 4.78 is 13.4. The van der Waals surface area contributed by atoms with Gasteiger partial charge < -0.3 is 8.83 Å². The first-order chi connectivity index (χ1) is 41.7. The SMILES string of the molecule is c1ccc(-c2c3ccccc3c(-c3cccc4c3oc3ccccc34)c3ccccc23)c(-c2ccc3cc(-c4ccc5c(-c6c7ccccc7c(-c7cccc8c7oc7ccccc78)c7ccccc67)cc6ccccc6c5c4)ccc3c2)c1. The molecule has 18 rings (SSSR count). The summed E-state index contributed by atoms with van der Waals surface area (Å²) in [6, 6.07) is 107. The lowest BCUT2D eigenvalue weighted by Gasteiger charge is -2.20. The van der Waals surface area contributed by atoms with Crippen LogP contribution in [0.2, 0.25) is 0 Å². The highest BCUT2D eigenvalue weighted by Gasteiger charge is 2.24. The highest BCUT2D eigenvalue weighted by Crippen LogP contribution is 2.51. The number of hydrogen-bond acceptors (Lipinski definition) is 2. The van der Waals surface area contributed by atoms with Crippen molar-refractivity contribution in [2.45, 2.75) is 0 Å². The van der Waals surface area contributed by atoms with Gasteiger partial charge in [0, 0.05) is 43.8 Å². The van der Waals surface area contributed by atoms with Gasteiger partial charge in [0.2, 0.25) is 0 Å². The van der Waals surface area contributed by atoms with Crippen LogP contribution in [0.1, 0.15) is 0 Å². The standard InChI is InChI=1S/C82H48O2/c1-2-21-56-53(19-1)48-74(80-67-31-11-9-29-65(67)79(66-30-10-12-32-68(66)80)72-36-18-34-70-59-23-14-16-38-76(59)84-82(70)72)57-44-43-52(47-73(56)57)50-39-40-51-46-54(42-41-49(51)45-50)55-20-3-4-24-60(55)77-61-25-5-7-27-63(61)78(64-28-8-6-26-62(64)77)71-35-17-33-69-58-22-13-15-37-75(58)83-81(69)71/h1-48H. The van der Waals surface area contributed by atoms with Gasteiger partial charge in [-0.3, -0.25) is 0 Å². The molecule has 84 heavy (non-hydrogen) atoms. The number of para-hydroxylation sites is 4. The van der Waals surface area contributed by atoms with Gasteiger partial charge in [0.25, 0.3) is 0 Å². The third-order valence-electron chi connectivity index (χ3n) is 18.0. The van der Waals surface area contributed by atoms with Gasteiger partial charge >= 0.3 is 0 Å². The van der Waals surface area contributed by atoms with Gasteiger partial charge in [0.05, 0.1) is 0 Å². The fourth-order valence-corrected chi connectivity index (χ4v) is 14.3. The van der Waals surface area contributed by atoms with Gasteiger partial charge in [0.1, 0.15) is 22.3 Å². The first kappa shape index (κ1) is 46.7. The van der Waals surface area contributed by atoms with Gasteiger partial charge in [-0.1, -0.05) is 255 Å². The Balaban J connectivity index is 0.762. The van der Waals surface area contributed by atoms with E-state index in [1.165, 1.54) is 131 Å². The Bertz CT molecular complexity index is 5700. The molecule has 0 aliphatic carbocycles. The maximum absolute atomic E-state index is 6.72. The molecule has 0 radical (unpaired) electrons. The lowest BCUT2D eigenvalue weighted by Crippen LogP contribution is -1.93. The molecule has 2 heterocycles. The van der Waals surface area contributed by atoms with Crippen LogP contribution in [0.25, 0.3) is 186 Å². The Morgan fingerprint density at radius 2 is 0.524 bits per heavy atom. The Kier molecular flexibility index (Phi) is 10.1. The van der Waals surface area contributed by atoms with Crippen molar-refractivity contribution >= 4 is 119 Å². The third-order valence-corrected chi connectivity index (χ3v) is 18.0. The number of hydrogen-bond donors (Lipinski definition) is 0. The van der Waals surface area contributed by atoms with E-state index >= 15 is 0 Å². The van der Waals surface area contributed by atoms with E-state index in [0.717, 1.165) is 55.0 Å². The average molecular weight is 1070 g/mol. The van der Waals surface area contributed by atoms with Crippen molar-refractivity contribution in [3.05, 3.63) is 291 Å². The maximum Gasteiger partial charge on any atom is 0.143 e. The second kappa shape index (κ2) is 18.2. The summed E-state index contributed by atoms with van der Waals surface area (Å²) >= 11 is 0. The molecular formula is C82H48O2. The van der Waals surface area contributed by atoms with Crippen molar-refractivity contribution in [3.8, 4) is 66.8 Å². The van der Waals surface area contributed by atoms with Crippen LogP contribution in [-0.4, -0.2) is 0 Å². The molecule has 388 valence electrons. The molecule has 0 aliphatic heterocycles. The van der Waals surface area contributed by atoms with Crippen LogP contribution >= 0.6 is 0 Å². The highest BCUT2D eigenvalue weighted by atomic mass is 16.3. The second-order valence-electron chi connectivity index (χ2n) is 22.5. The number of fused-ring (bicyclic) bond motifs is 14. The number of furan rings is 2. The van der Waals surface area contributed by atoms with E-state index in [1.54, 1.807) is 0 Å². The minimum atomic E-state index is 0.902. The van der Waals surface area contributed by atoms with Crippen molar-refractivity contribution in [3.63, 3.8) is 0 Å². The molecule has 0 atom stereocenters. The Hall–Kier alpha value is -11.1. The van der Waals surface area contributed by atoms with Crippen LogP contribution in [0.4, 0.5) is 0 Å². The van der Waals surface area contributed by atoms with E-state index in [1.807, 2.05) is 12.1 Å². The molecule has 0 bridgehead atoms. The van der Waals surface area contributed by atoms with E-state index in [0.29, 0.717) is 0 Å². The molecule has 0 unspecified atom stereocenters. The predicted molar refractivity (Wildman–Crippen MR) is 356 cm³/mol. The van der Waals surface area contributed by atoms with Gasteiger partial charge in [-0.05, 0) is 156 Å². The summed E-state index contributed by atoms with van der Waals surface area (Å²) in [4.78, 5) is 0. The molecule has 0 aliphatic rings. The molecule has 16 aromatic carbocycles. The van der Waals surface area contributed by atoms with Gasteiger partial charge in [-0.25, -0.2) is 0 Å². The van der Waals surface area contributed by atoms with Crippen molar-refractivity contribution in [1.29, 1.82) is 0 Å². The lowest BCUT2D eigenvalue weighted by atomic mass is 9.83. The summed E-state index contributed by atoms with van der Waals surface area (Å²) in [5, 5.41) is 21.5. The quantitative estimate of drug-likeness (QED) is 0.123. The van der Waals surface area contributed by atoms with Crippen LogP contribution < -0.4 is 0 Å². The fourth-order valence-electron chi connectivity index (χ4n) is 14.3. The zero-order valence-electron chi connectivity index (χ0n) is 45.5. The van der Waals surface area contributed by atoms with Crippen LogP contribution in [0.15, 0.2) is 300 Å². The molecule has 0 spiro atoms. The smallest absolute Gasteiger partial charge is 0.143 e. The molecule has 0 amide bonds. The minimum absolute atomic E-state index is 0.902. The minimum Gasteiger partial charge on any atom is -0.455 e. The molecule has 0 saturated carbocycles. The highest BCUT2D eigenvalue weighted by molar-refractivity contribution is 6.29. The monoisotopic (exact) mass is 1060 g/mol. The van der Waals surface area contributed by atoms with Crippen LogP contribution in [0, 0.1) is 0 Å². The molecule has 18 aromatic rings.